The molecule has 0 unspecified atom stereocenters. The fourth-order valence-corrected chi connectivity index (χ4v) is 1.03. The van der Waals surface area contributed by atoms with Crippen LogP contribution in [0.1, 0.15) is 30.4 Å². The molecule has 0 saturated carbocycles. The standard InChI is InChI=1S/C9H16N4O2/c1-6(2)11-5-4-7-12-8(13-15-7)9(14)10-3/h6,11H,4-5H2,1-3H3,(H,10,14). The maximum Gasteiger partial charge on any atom is 0.292 e. The van der Waals surface area contributed by atoms with Gasteiger partial charge in [-0.2, -0.15) is 4.98 Å². The molecular weight excluding hydrogens is 196 g/mol. The molecule has 0 saturated heterocycles. The number of aromatic nitrogens is 2. The molecule has 1 rings (SSSR count). The number of carbonyl (C=O) groups excluding carboxylic acids is 1. The lowest BCUT2D eigenvalue weighted by atomic mass is 10.3. The van der Waals surface area contributed by atoms with Crippen molar-refractivity contribution >= 4 is 5.91 Å². The van der Waals surface area contributed by atoms with Gasteiger partial charge in [-0.3, -0.25) is 4.79 Å². The highest BCUT2D eigenvalue weighted by molar-refractivity contribution is 5.89. The third-order valence-electron chi connectivity index (χ3n) is 1.79. The van der Waals surface area contributed by atoms with Crippen molar-refractivity contribution < 1.29 is 9.32 Å². The molecule has 0 radical (unpaired) electrons. The predicted molar refractivity (Wildman–Crippen MR) is 54.5 cm³/mol. The van der Waals surface area contributed by atoms with E-state index in [4.69, 9.17) is 4.52 Å². The molecule has 0 fully saturated rings. The molecule has 6 nitrogen and oxygen atoms in total. The summed E-state index contributed by atoms with van der Waals surface area (Å²) >= 11 is 0. The first kappa shape index (κ1) is 11.6. The van der Waals surface area contributed by atoms with Crippen molar-refractivity contribution in [3.63, 3.8) is 0 Å². The molecule has 0 atom stereocenters. The van der Waals surface area contributed by atoms with Crippen LogP contribution in [-0.2, 0) is 6.42 Å². The van der Waals surface area contributed by atoms with Gasteiger partial charge in [-0.05, 0) is 0 Å². The minimum atomic E-state index is -0.332. The summed E-state index contributed by atoms with van der Waals surface area (Å²) in [5.41, 5.74) is 0. The fraction of sp³-hybridized carbons (Fsp3) is 0.667. The van der Waals surface area contributed by atoms with E-state index in [-0.39, 0.29) is 11.7 Å². The summed E-state index contributed by atoms with van der Waals surface area (Å²) in [7, 11) is 1.53. The number of hydrogen-bond acceptors (Lipinski definition) is 5. The van der Waals surface area contributed by atoms with Gasteiger partial charge in [-0.15, -0.1) is 0 Å². The van der Waals surface area contributed by atoms with Gasteiger partial charge < -0.3 is 15.2 Å². The van der Waals surface area contributed by atoms with Gasteiger partial charge in [0.2, 0.25) is 5.89 Å². The topological polar surface area (TPSA) is 80.0 Å². The predicted octanol–water partition coefficient (Wildman–Crippen LogP) is -0.0303. The van der Waals surface area contributed by atoms with E-state index >= 15 is 0 Å². The Kier molecular flexibility index (Phi) is 4.23. The maximum atomic E-state index is 11.1. The van der Waals surface area contributed by atoms with Gasteiger partial charge in [0.05, 0.1) is 0 Å². The molecule has 0 aromatic carbocycles. The van der Waals surface area contributed by atoms with Gasteiger partial charge >= 0.3 is 0 Å². The van der Waals surface area contributed by atoms with Gasteiger partial charge in [0, 0.05) is 26.1 Å². The smallest absolute Gasteiger partial charge is 0.292 e. The lowest BCUT2D eigenvalue weighted by Gasteiger charge is -2.04. The molecule has 6 heteroatoms. The Morgan fingerprint density at radius 1 is 1.53 bits per heavy atom. The van der Waals surface area contributed by atoms with Crippen molar-refractivity contribution in [1.29, 1.82) is 0 Å². The largest absolute Gasteiger partial charge is 0.352 e. The zero-order valence-electron chi connectivity index (χ0n) is 9.20. The highest BCUT2D eigenvalue weighted by atomic mass is 16.5. The Bertz CT molecular complexity index is 322. The van der Waals surface area contributed by atoms with Crippen molar-refractivity contribution in [3.8, 4) is 0 Å². The van der Waals surface area contributed by atoms with E-state index in [0.29, 0.717) is 18.4 Å². The summed E-state index contributed by atoms with van der Waals surface area (Å²) in [6.45, 7) is 4.88. The van der Waals surface area contributed by atoms with Crippen LogP contribution in [-0.4, -0.2) is 35.7 Å². The Labute approximate surface area is 88.4 Å². The molecule has 0 aliphatic carbocycles. The van der Waals surface area contributed by atoms with E-state index in [1.54, 1.807) is 0 Å². The summed E-state index contributed by atoms with van der Waals surface area (Å²) in [5.74, 6) is 0.223. The van der Waals surface area contributed by atoms with Crippen LogP contribution in [0, 0.1) is 0 Å². The molecule has 0 aliphatic rings. The number of hydrogen-bond donors (Lipinski definition) is 2. The van der Waals surface area contributed by atoms with Crippen molar-refractivity contribution in [2.75, 3.05) is 13.6 Å². The van der Waals surface area contributed by atoms with Crippen molar-refractivity contribution in [3.05, 3.63) is 11.7 Å². The van der Waals surface area contributed by atoms with Crippen molar-refractivity contribution in [2.24, 2.45) is 0 Å². The number of carbonyl (C=O) groups is 1. The zero-order valence-corrected chi connectivity index (χ0v) is 9.20. The number of nitrogens with one attached hydrogen (secondary N) is 2. The van der Waals surface area contributed by atoms with E-state index in [0.717, 1.165) is 6.54 Å². The lowest BCUT2D eigenvalue weighted by molar-refractivity contribution is 0.0950. The monoisotopic (exact) mass is 212 g/mol. The molecule has 84 valence electrons. The van der Waals surface area contributed by atoms with Crippen LogP contribution in [0.3, 0.4) is 0 Å². The minimum absolute atomic E-state index is 0.0806. The average molecular weight is 212 g/mol. The molecule has 15 heavy (non-hydrogen) atoms. The quantitative estimate of drug-likeness (QED) is 0.716. The first-order chi connectivity index (χ1) is 7.13. The van der Waals surface area contributed by atoms with Crippen molar-refractivity contribution in [1.82, 2.24) is 20.8 Å². The molecular formula is C9H16N4O2. The van der Waals surface area contributed by atoms with E-state index in [1.807, 2.05) is 0 Å². The van der Waals surface area contributed by atoms with E-state index < -0.39 is 0 Å². The SMILES string of the molecule is CNC(=O)c1noc(CCNC(C)C)n1. The Hall–Kier alpha value is -1.43. The van der Waals surface area contributed by atoms with Crippen LogP contribution < -0.4 is 10.6 Å². The van der Waals surface area contributed by atoms with Gasteiger partial charge in [0.15, 0.2) is 0 Å². The Balaban J connectivity index is 2.43. The van der Waals surface area contributed by atoms with Gasteiger partial charge in [-0.25, -0.2) is 0 Å². The van der Waals surface area contributed by atoms with Gasteiger partial charge in [0.25, 0.3) is 11.7 Å². The molecule has 1 heterocycles. The third kappa shape index (κ3) is 3.67. The van der Waals surface area contributed by atoms with E-state index in [2.05, 4.69) is 34.6 Å². The zero-order chi connectivity index (χ0) is 11.3. The summed E-state index contributed by atoms with van der Waals surface area (Å²) in [4.78, 5) is 15.0. The average Bonchev–Trinajstić information content (AvgIpc) is 2.65. The summed E-state index contributed by atoms with van der Waals surface area (Å²) in [5, 5.41) is 9.21. The molecule has 0 aliphatic heterocycles. The number of amides is 1. The molecule has 0 spiro atoms. The van der Waals surface area contributed by atoms with Crippen LogP contribution >= 0.6 is 0 Å². The minimum Gasteiger partial charge on any atom is -0.352 e. The molecule has 2 N–H and O–H groups in total. The Morgan fingerprint density at radius 3 is 2.87 bits per heavy atom. The molecule has 0 bridgehead atoms. The second-order valence-corrected chi connectivity index (χ2v) is 3.45. The van der Waals surface area contributed by atoms with Crippen molar-refractivity contribution in [2.45, 2.75) is 26.3 Å². The third-order valence-corrected chi connectivity index (χ3v) is 1.79. The van der Waals surface area contributed by atoms with Gasteiger partial charge in [0.1, 0.15) is 0 Å². The van der Waals surface area contributed by atoms with Crippen LogP contribution in [0.2, 0.25) is 0 Å². The summed E-state index contributed by atoms with van der Waals surface area (Å²) < 4.78 is 4.91. The van der Waals surface area contributed by atoms with Crippen LogP contribution in [0.15, 0.2) is 4.52 Å². The normalized spacial score (nSPS) is 10.7. The maximum absolute atomic E-state index is 11.1. The number of nitrogens with zero attached hydrogens (tertiary/aromatic N) is 2. The summed E-state index contributed by atoms with van der Waals surface area (Å²) in [6.07, 6.45) is 0.627. The molecule has 1 amide bonds. The summed E-state index contributed by atoms with van der Waals surface area (Å²) in [6, 6.07) is 0.423. The highest BCUT2D eigenvalue weighted by Crippen LogP contribution is 1.97. The lowest BCUT2D eigenvalue weighted by Crippen LogP contribution is -2.25. The Morgan fingerprint density at radius 2 is 2.27 bits per heavy atom. The highest BCUT2D eigenvalue weighted by Gasteiger charge is 2.12. The second-order valence-electron chi connectivity index (χ2n) is 3.45. The first-order valence-corrected chi connectivity index (χ1v) is 4.91. The van der Waals surface area contributed by atoms with E-state index in [9.17, 15) is 4.79 Å². The first-order valence-electron chi connectivity index (χ1n) is 4.91. The number of rotatable bonds is 5. The molecule has 1 aromatic rings. The van der Waals surface area contributed by atoms with Crippen LogP contribution in [0.25, 0.3) is 0 Å². The van der Waals surface area contributed by atoms with Crippen LogP contribution in [0.4, 0.5) is 0 Å². The van der Waals surface area contributed by atoms with E-state index in [1.165, 1.54) is 7.05 Å². The van der Waals surface area contributed by atoms with Crippen LogP contribution in [0.5, 0.6) is 0 Å². The molecule has 1 aromatic heterocycles. The van der Waals surface area contributed by atoms with Gasteiger partial charge in [-0.1, -0.05) is 19.0 Å². The second kappa shape index (κ2) is 5.45. The fourth-order valence-electron chi connectivity index (χ4n) is 1.03.